The van der Waals surface area contributed by atoms with Crippen LogP contribution in [0.2, 0.25) is 0 Å². The van der Waals surface area contributed by atoms with Crippen molar-refractivity contribution < 1.29 is 4.79 Å². The molecule has 2 rings (SSSR count). The Bertz CT molecular complexity index is 347. The average Bonchev–Trinajstić information content (AvgIpc) is 2.90. The number of thiazole rings is 1. The van der Waals surface area contributed by atoms with Crippen molar-refractivity contribution in [3.63, 3.8) is 0 Å². The molecule has 1 aliphatic rings. The maximum Gasteiger partial charge on any atom is 0.224 e. The van der Waals surface area contributed by atoms with Crippen LogP contribution in [0.1, 0.15) is 30.7 Å². The van der Waals surface area contributed by atoms with Gasteiger partial charge < -0.3 is 10.6 Å². The molecule has 0 radical (unpaired) electrons. The number of aromatic nitrogens is 1. The number of rotatable bonds is 4. The summed E-state index contributed by atoms with van der Waals surface area (Å²) in [5.41, 5.74) is 0. The van der Waals surface area contributed by atoms with Crippen molar-refractivity contribution in [1.29, 1.82) is 0 Å². The second kappa shape index (κ2) is 6.12. The standard InChI is InChI=1S/C12H19N3OS/c1-9(12-14-5-6-17-12)7-15-11(16)10-3-2-4-13-8-10/h5-6,9-10,13H,2-4,7-8H2,1H3,(H,15,16). The van der Waals surface area contributed by atoms with Crippen LogP contribution in [0.15, 0.2) is 11.6 Å². The van der Waals surface area contributed by atoms with Crippen molar-refractivity contribution >= 4 is 17.2 Å². The second-order valence-electron chi connectivity index (χ2n) is 4.56. The fourth-order valence-corrected chi connectivity index (χ4v) is 2.74. The number of nitrogens with zero attached hydrogens (tertiary/aromatic N) is 1. The Kier molecular flexibility index (Phi) is 4.50. The molecule has 1 fully saturated rings. The van der Waals surface area contributed by atoms with Crippen molar-refractivity contribution in [2.24, 2.45) is 5.92 Å². The van der Waals surface area contributed by atoms with Crippen molar-refractivity contribution in [3.05, 3.63) is 16.6 Å². The van der Waals surface area contributed by atoms with E-state index in [9.17, 15) is 4.79 Å². The minimum absolute atomic E-state index is 0.146. The van der Waals surface area contributed by atoms with Crippen LogP contribution in [-0.2, 0) is 4.79 Å². The first-order chi connectivity index (χ1) is 8.27. The van der Waals surface area contributed by atoms with E-state index < -0.39 is 0 Å². The fourth-order valence-electron chi connectivity index (χ4n) is 2.04. The van der Waals surface area contributed by atoms with Gasteiger partial charge in [0, 0.05) is 30.6 Å². The van der Waals surface area contributed by atoms with Crippen molar-refractivity contribution in [3.8, 4) is 0 Å². The lowest BCUT2D eigenvalue weighted by Crippen LogP contribution is -2.41. The molecule has 17 heavy (non-hydrogen) atoms. The third-order valence-corrected chi connectivity index (χ3v) is 4.13. The molecule has 0 bridgehead atoms. The molecule has 1 aromatic heterocycles. The highest BCUT2D eigenvalue weighted by atomic mass is 32.1. The molecule has 2 unspecified atom stereocenters. The van der Waals surface area contributed by atoms with E-state index in [1.165, 1.54) is 0 Å². The minimum atomic E-state index is 0.146. The van der Waals surface area contributed by atoms with Crippen LogP contribution in [0, 0.1) is 5.92 Å². The molecule has 5 heteroatoms. The Morgan fingerprint density at radius 3 is 3.29 bits per heavy atom. The van der Waals surface area contributed by atoms with E-state index in [0.717, 1.165) is 30.9 Å². The van der Waals surface area contributed by atoms with Crippen LogP contribution in [0.4, 0.5) is 0 Å². The van der Waals surface area contributed by atoms with Gasteiger partial charge in [-0.05, 0) is 19.4 Å². The summed E-state index contributed by atoms with van der Waals surface area (Å²) in [6.07, 6.45) is 3.91. The molecule has 1 aromatic rings. The molecule has 0 saturated carbocycles. The van der Waals surface area contributed by atoms with Gasteiger partial charge in [-0.3, -0.25) is 4.79 Å². The summed E-state index contributed by atoms with van der Waals surface area (Å²) in [5, 5.41) is 9.35. The fraction of sp³-hybridized carbons (Fsp3) is 0.667. The molecule has 4 nitrogen and oxygen atoms in total. The quantitative estimate of drug-likeness (QED) is 0.852. The van der Waals surface area contributed by atoms with Crippen LogP contribution in [0.3, 0.4) is 0 Å². The van der Waals surface area contributed by atoms with Gasteiger partial charge in [0.05, 0.1) is 10.9 Å². The maximum absolute atomic E-state index is 11.9. The second-order valence-corrected chi connectivity index (χ2v) is 5.49. The molecular weight excluding hydrogens is 234 g/mol. The first kappa shape index (κ1) is 12.5. The smallest absolute Gasteiger partial charge is 0.224 e. The number of amides is 1. The number of carbonyl (C=O) groups excluding carboxylic acids is 1. The van der Waals surface area contributed by atoms with E-state index >= 15 is 0 Å². The number of hydrogen-bond acceptors (Lipinski definition) is 4. The lowest BCUT2D eigenvalue weighted by atomic mass is 9.98. The maximum atomic E-state index is 11.9. The first-order valence-corrected chi connectivity index (χ1v) is 7.03. The highest BCUT2D eigenvalue weighted by Gasteiger charge is 2.21. The van der Waals surface area contributed by atoms with Gasteiger partial charge in [0.1, 0.15) is 0 Å². The SMILES string of the molecule is CC(CNC(=O)C1CCCNC1)c1nccs1. The topological polar surface area (TPSA) is 54.0 Å². The summed E-state index contributed by atoms with van der Waals surface area (Å²) < 4.78 is 0. The third kappa shape index (κ3) is 3.51. The molecule has 1 aliphatic heterocycles. The van der Waals surface area contributed by atoms with E-state index in [4.69, 9.17) is 0 Å². The zero-order chi connectivity index (χ0) is 12.1. The van der Waals surface area contributed by atoms with Gasteiger partial charge >= 0.3 is 0 Å². The molecule has 2 heterocycles. The largest absolute Gasteiger partial charge is 0.355 e. The van der Waals surface area contributed by atoms with Gasteiger partial charge in [0.2, 0.25) is 5.91 Å². The monoisotopic (exact) mass is 253 g/mol. The van der Waals surface area contributed by atoms with Crippen LogP contribution in [0.25, 0.3) is 0 Å². The Morgan fingerprint density at radius 1 is 1.76 bits per heavy atom. The van der Waals surface area contributed by atoms with Crippen molar-refractivity contribution in [2.75, 3.05) is 19.6 Å². The van der Waals surface area contributed by atoms with Gasteiger partial charge in [-0.15, -0.1) is 11.3 Å². The molecule has 2 N–H and O–H groups in total. The number of nitrogens with one attached hydrogen (secondary N) is 2. The van der Waals surface area contributed by atoms with Gasteiger partial charge in [0.15, 0.2) is 0 Å². The van der Waals surface area contributed by atoms with Gasteiger partial charge in [-0.1, -0.05) is 6.92 Å². The predicted molar refractivity (Wildman–Crippen MR) is 69.1 cm³/mol. The van der Waals surface area contributed by atoms with Crippen LogP contribution >= 0.6 is 11.3 Å². The summed E-state index contributed by atoms with van der Waals surface area (Å²) in [4.78, 5) is 16.2. The van der Waals surface area contributed by atoms with Crippen molar-refractivity contribution in [1.82, 2.24) is 15.6 Å². The lowest BCUT2D eigenvalue weighted by molar-refractivity contribution is -0.125. The zero-order valence-corrected chi connectivity index (χ0v) is 10.9. The van der Waals surface area contributed by atoms with E-state index in [1.54, 1.807) is 11.3 Å². The highest BCUT2D eigenvalue weighted by Crippen LogP contribution is 2.17. The molecule has 94 valence electrons. The average molecular weight is 253 g/mol. The molecule has 1 amide bonds. The minimum Gasteiger partial charge on any atom is -0.355 e. The van der Waals surface area contributed by atoms with E-state index in [2.05, 4.69) is 22.5 Å². The van der Waals surface area contributed by atoms with Crippen LogP contribution in [-0.4, -0.2) is 30.5 Å². The predicted octanol–water partition coefficient (Wildman–Crippen LogP) is 1.36. The summed E-state index contributed by atoms with van der Waals surface area (Å²) in [6.45, 7) is 4.64. The molecule has 2 atom stereocenters. The lowest BCUT2D eigenvalue weighted by Gasteiger charge is -2.22. The third-order valence-electron chi connectivity index (χ3n) is 3.12. The van der Waals surface area contributed by atoms with Crippen LogP contribution < -0.4 is 10.6 Å². The molecule has 0 aliphatic carbocycles. The number of piperidine rings is 1. The molecule has 0 spiro atoms. The van der Waals surface area contributed by atoms with E-state index in [-0.39, 0.29) is 11.8 Å². The van der Waals surface area contributed by atoms with Gasteiger partial charge in [0.25, 0.3) is 0 Å². The molecule has 0 aromatic carbocycles. The highest BCUT2D eigenvalue weighted by molar-refractivity contribution is 7.09. The van der Waals surface area contributed by atoms with Crippen molar-refractivity contribution in [2.45, 2.75) is 25.7 Å². The van der Waals surface area contributed by atoms with Crippen LogP contribution in [0.5, 0.6) is 0 Å². The van der Waals surface area contributed by atoms with E-state index in [0.29, 0.717) is 12.5 Å². The summed E-state index contributed by atoms with van der Waals surface area (Å²) in [5.74, 6) is 0.628. The number of hydrogen-bond donors (Lipinski definition) is 2. The summed E-state index contributed by atoms with van der Waals surface area (Å²) in [7, 11) is 0. The Morgan fingerprint density at radius 2 is 2.65 bits per heavy atom. The Balaban J connectivity index is 1.75. The zero-order valence-electron chi connectivity index (χ0n) is 10.1. The van der Waals surface area contributed by atoms with Gasteiger partial charge in [-0.25, -0.2) is 4.98 Å². The number of carbonyl (C=O) groups is 1. The molecule has 1 saturated heterocycles. The summed E-state index contributed by atoms with van der Waals surface area (Å²) in [6, 6.07) is 0. The Labute approximate surface area is 106 Å². The first-order valence-electron chi connectivity index (χ1n) is 6.15. The van der Waals surface area contributed by atoms with Gasteiger partial charge in [-0.2, -0.15) is 0 Å². The normalized spacial score (nSPS) is 22.1. The molecular formula is C12H19N3OS. The van der Waals surface area contributed by atoms with E-state index in [1.807, 2.05) is 11.6 Å². The Hall–Kier alpha value is -0.940. The summed E-state index contributed by atoms with van der Waals surface area (Å²) >= 11 is 1.64.